The number of esters is 1. The molecule has 0 aromatic heterocycles. The first-order valence-electron chi connectivity index (χ1n) is 17.4. The van der Waals surface area contributed by atoms with Gasteiger partial charge in [0.1, 0.15) is 30.8 Å². The highest BCUT2D eigenvalue weighted by molar-refractivity contribution is 7.98. The number of ether oxygens (including phenoxy) is 2. The van der Waals surface area contributed by atoms with E-state index in [1.54, 1.807) is 0 Å². The predicted molar refractivity (Wildman–Crippen MR) is 203 cm³/mol. The molecule has 0 saturated heterocycles. The number of benzene rings is 3. The van der Waals surface area contributed by atoms with Crippen LogP contribution < -0.4 is 26.6 Å². The molecule has 3 aromatic carbocycles. The standard InChI is InChI=1S/C39H49N5O8S/c1-51-38(49)34(25-29-16-8-4-9-17-29)43-37(48)32(42-36(47)31(41-27-45)21-23-53-2)20-12-13-22-40-35(46)33(24-28-14-6-3-7-15-28)44-39(50)52-26-30-18-10-5-11-19-30/h3-11,14-19,27,31-34H,12-13,20-26H2,1-2H3,(H,40,46)(H,41,45)(H,42,47)(H,43,48)(H,44,50)/t31-,32-,33-,34-/m0/s1. The van der Waals surface area contributed by atoms with E-state index in [9.17, 15) is 28.8 Å². The zero-order valence-electron chi connectivity index (χ0n) is 30.1. The Morgan fingerprint density at radius 2 is 1.21 bits per heavy atom. The lowest BCUT2D eigenvalue weighted by Crippen LogP contribution is -2.55. The third-order valence-electron chi connectivity index (χ3n) is 8.24. The molecule has 0 aliphatic rings. The summed E-state index contributed by atoms with van der Waals surface area (Å²) in [7, 11) is 1.23. The summed E-state index contributed by atoms with van der Waals surface area (Å²) in [6.07, 6.45) is 3.34. The Bertz CT molecular complexity index is 1580. The van der Waals surface area contributed by atoms with E-state index >= 15 is 0 Å². The third kappa shape index (κ3) is 15.8. The number of thioether (sulfide) groups is 1. The fourth-order valence-electron chi connectivity index (χ4n) is 5.38. The summed E-state index contributed by atoms with van der Waals surface area (Å²) >= 11 is 1.51. The molecule has 0 saturated carbocycles. The van der Waals surface area contributed by atoms with Crippen LogP contribution in [0.2, 0.25) is 0 Å². The first kappa shape index (κ1) is 42.0. The topological polar surface area (TPSA) is 181 Å². The van der Waals surface area contributed by atoms with Crippen LogP contribution in [0.1, 0.15) is 42.4 Å². The van der Waals surface area contributed by atoms with Crippen LogP contribution >= 0.6 is 11.8 Å². The van der Waals surface area contributed by atoms with Gasteiger partial charge in [-0.15, -0.1) is 0 Å². The Morgan fingerprint density at radius 3 is 1.77 bits per heavy atom. The van der Waals surface area contributed by atoms with Crippen molar-refractivity contribution in [2.75, 3.05) is 25.7 Å². The largest absolute Gasteiger partial charge is 0.467 e. The Hall–Kier alpha value is -5.37. The number of hydrogen-bond acceptors (Lipinski definition) is 9. The van der Waals surface area contributed by atoms with Crippen LogP contribution in [0.3, 0.4) is 0 Å². The number of carbonyl (C=O) groups is 6. The second kappa shape index (κ2) is 24.0. The van der Waals surface area contributed by atoms with Crippen molar-refractivity contribution in [2.45, 2.75) is 69.3 Å². The summed E-state index contributed by atoms with van der Waals surface area (Å²) in [4.78, 5) is 76.7. The first-order valence-corrected chi connectivity index (χ1v) is 18.8. The zero-order valence-corrected chi connectivity index (χ0v) is 30.9. The van der Waals surface area contributed by atoms with E-state index in [1.165, 1.54) is 18.9 Å². The molecule has 4 atom stereocenters. The molecule has 5 N–H and O–H groups in total. The van der Waals surface area contributed by atoms with Crippen LogP contribution in [-0.4, -0.2) is 86.0 Å². The number of carbonyl (C=O) groups excluding carboxylic acids is 6. The van der Waals surface area contributed by atoms with Gasteiger partial charge in [-0.3, -0.25) is 19.2 Å². The second-order valence-electron chi connectivity index (χ2n) is 12.2. The summed E-state index contributed by atoms with van der Waals surface area (Å²) in [5.41, 5.74) is 2.46. The molecule has 14 heteroatoms. The number of hydrogen-bond donors (Lipinski definition) is 5. The Morgan fingerprint density at radius 1 is 0.660 bits per heavy atom. The van der Waals surface area contributed by atoms with Crippen molar-refractivity contribution in [1.82, 2.24) is 26.6 Å². The minimum absolute atomic E-state index is 0.0494. The second-order valence-corrected chi connectivity index (χ2v) is 13.2. The molecule has 0 radical (unpaired) electrons. The summed E-state index contributed by atoms with van der Waals surface area (Å²) in [6.45, 7) is 0.267. The van der Waals surface area contributed by atoms with Gasteiger partial charge in [-0.05, 0) is 54.4 Å². The van der Waals surface area contributed by atoms with Gasteiger partial charge in [0, 0.05) is 19.4 Å². The lowest BCUT2D eigenvalue weighted by molar-refractivity contribution is -0.145. The minimum Gasteiger partial charge on any atom is -0.467 e. The molecule has 13 nitrogen and oxygen atoms in total. The van der Waals surface area contributed by atoms with Gasteiger partial charge in [0.15, 0.2) is 0 Å². The number of rotatable bonds is 23. The molecule has 0 unspecified atom stereocenters. The fourth-order valence-corrected chi connectivity index (χ4v) is 5.85. The van der Waals surface area contributed by atoms with Crippen LogP contribution in [0.25, 0.3) is 0 Å². The van der Waals surface area contributed by atoms with Gasteiger partial charge >= 0.3 is 12.1 Å². The van der Waals surface area contributed by atoms with Crippen molar-refractivity contribution in [2.24, 2.45) is 0 Å². The van der Waals surface area contributed by atoms with Crippen molar-refractivity contribution < 1.29 is 38.2 Å². The molecule has 0 spiro atoms. The van der Waals surface area contributed by atoms with Crippen LogP contribution in [0.5, 0.6) is 0 Å². The van der Waals surface area contributed by atoms with E-state index in [1.807, 2.05) is 97.3 Å². The summed E-state index contributed by atoms with van der Waals surface area (Å²) in [6, 6.07) is 23.7. The highest BCUT2D eigenvalue weighted by Gasteiger charge is 2.29. The van der Waals surface area contributed by atoms with Crippen molar-refractivity contribution >= 4 is 48.0 Å². The van der Waals surface area contributed by atoms with Gasteiger partial charge in [0.05, 0.1) is 7.11 Å². The minimum atomic E-state index is -1.06. The quantitative estimate of drug-likeness (QED) is 0.0554. The third-order valence-corrected chi connectivity index (χ3v) is 8.88. The van der Waals surface area contributed by atoms with Gasteiger partial charge in [0.25, 0.3) is 0 Å². The smallest absolute Gasteiger partial charge is 0.408 e. The van der Waals surface area contributed by atoms with E-state index in [0.717, 1.165) is 16.7 Å². The van der Waals surface area contributed by atoms with Crippen molar-refractivity contribution in [3.63, 3.8) is 0 Å². The molecular formula is C39H49N5O8S. The number of amides is 5. The Balaban J connectivity index is 1.64. The van der Waals surface area contributed by atoms with E-state index in [4.69, 9.17) is 9.47 Å². The molecule has 0 bridgehead atoms. The molecule has 0 fully saturated rings. The van der Waals surface area contributed by atoms with Crippen molar-refractivity contribution in [1.29, 1.82) is 0 Å². The molecule has 5 amide bonds. The van der Waals surface area contributed by atoms with Gasteiger partial charge in [-0.2, -0.15) is 11.8 Å². The van der Waals surface area contributed by atoms with Crippen molar-refractivity contribution in [3.8, 4) is 0 Å². The predicted octanol–water partition coefficient (Wildman–Crippen LogP) is 3.06. The number of unbranched alkanes of at least 4 members (excludes halogenated alkanes) is 1. The number of methoxy groups -OCH3 is 1. The average molecular weight is 748 g/mol. The zero-order chi connectivity index (χ0) is 38.3. The normalized spacial score (nSPS) is 12.9. The Kier molecular flexibility index (Phi) is 19.0. The maximum atomic E-state index is 13.6. The number of alkyl carbamates (subject to hydrolysis) is 1. The van der Waals surface area contributed by atoms with Gasteiger partial charge < -0.3 is 36.1 Å². The molecule has 0 aliphatic heterocycles. The lowest BCUT2D eigenvalue weighted by atomic mass is 10.0. The van der Waals surface area contributed by atoms with Gasteiger partial charge in [0.2, 0.25) is 24.1 Å². The average Bonchev–Trinajstić information content (AvgIpc) is 3.18. The highest BCUT2D eigenvalue weighted by Crippen LogP contribution is 2.10. The van der Waals surface area contributed by atoms with Gasteiger partial charge in [-0.25, -0.2) is 9.59 Å². The van der Waals surface area contributed by atoms with Crippen LogP contribution in [-0.2, 0) is 52.9 Å². The maximum absolute atomic E-state index is 13.6. The molecule has 284 valence electrons. The molecule has 0 aliphatic carbocycles. The van der Waals surface area contributed by atoms with E-state index < -0.39 is 54.0 Å². The van der Waals surface area contributed by atoms with E-state index in [0.29, 0.717) is 31.4 Å². The molecular weight excluding hydrogens is 699 g/mol. The lowest BCUT2D eigenvalue weighted by Gasteiger charge is -2.24. The summed E-state index contributed by atoms with van der Waals surface area (Å²) in [5, 5.41) is 13.5. The van der Waals surface area contributed by atoms with E-state index in [-0.39, 0.29) is 32.4 Å². The maximum Gasteiger partial charge on any atom is 0.408 e. The summed E-state index contributed by atoms with van der Waals surface area (Å²) < 4.78 is 10.3. The Labute approximate surface area is 314 Å². The molecule has 0 heterocycles. The fraction of sp³-hybridized carbons (Fsp3) is 0.385. The molecule has 3 aromatic rings. The molecule has 53 heavy (non-hydrogen) atoms. The van der Waals surface area contributed by atoms with Crippen molar-refractivity contribution in [3.05, 3.63) is 108 Å². The SMILES string of the molecule is COC(=O)[C@H](Cc1ccccc1)NC(=O)[C@H](CCCCNC(=O)[C@H](Cc1ccccc1)NC(=O)OCc1ccccc1)NC(=O)[C@H](CCSC)NC=O. The van der Waals surface area contributed by atoms with Crippen LogP contribution in [0.4, 0.5) is 4.79 Å². The van der Waals surface area contributed by atoms with Crippen LogP contribution in [0.15, 0.2) is 91.0 Å². The first-order chi connectivity index (χ1) is 25.7. The summed E-state index contributed by atoms with van der Waals surface area (Å²) in [5.74, 6) is -1.58. The molecule has 3 rings (SSSR count). The van der Waals surface area contributed by atoms with Crippen LogP contribution in [0, 0.1) is 0 Å². The number of nitrogens with one attached hydrogen (secondary N) is 5. The monoisotopic (exact) mass is 747 g/mol. The highest BCUT2D eigenvalue weighted by atomic mass is 32.2. The van der Waals surface area contributed by atoms with Gasteiger partial charge in [-0.1, -0.05) is 91.0 Å². The van der Waals surface area contributed by atoms with E-state index in [2.05, 4.69) is 26.6 Å².